The summed E-state index contributed by atoms with van der Waals surface area (Å²) in [5.74, 6) is 0.0277. The molecule has 1 aliphatic carbocycles. The Balaban J connectivity index is 2.07. The second-order valence-corrected chi connectivity index (χ2v) is 6.07. The molecule has 1 fully saturated rings. The second kappa shape index (κ2) is 6.32. The van der Waals surface area contributed by atoms with Crippen LogP contribution in [0.4, 0.5) is 0 Å². The highest BCUT2D eigenvalue weighted by Crippen LogP contribution is 2.32. The average molecular weight is 264 g/mol. The molecule has 0 aromatic carbocycles. The van der Waals surface area contributed by atoms with Crippen molar-refractivity contribution in [3.8, 4) is 0 Å². The number of carbonyl (C=O) groups is 1. The predicted molar refractivity (Wildman–Crippen MR) is 63.7 cm³/mol. The zero-order valence-electron chi connectivity index (χ0n) is 10.0. The van der Waals surface area contributed by atoms with Crippen LogP contribution in [0.25, 0.3) is 0 Å². The third-order valence-corrected chi connectivity index (χ3v) is 3.55. The van der Waals surface area contributed by atoms with Crippen LogP contribution in [0.15, 0.2) is 0 Å². The van der Waals surface area contributed by atoms with Gasteiger partial charge in [-0.2, -0.15) is 0 Å². The van der Waals surface area contributed by atoms with Gasteiger partial charge in [0.05, 0.1) is 11.9 Å². The molecule has 17 heavy (non-hydrogen) atoms. The van der Waals surface area contributed by atoms with Crippen molar-refractivity contribution in [3.05, 3.63) is 0 Å². The van der Waals surface area contributed by atoms with Gasteiger partial charge in [-0.1, -0.05) is 0 Å². The Kier molecular flexibility index (Phi) is 5.35. The van der Waals surface area contributed by atoms with E-state index in [0.29, 0.717) is 25.0 Å². The lowest BCUT2D eigenvalue weighted by Crippen LogP contribution is -2.37. The highest BCUT2D eigenvalue weighted by molar-refractivity contribution is 7.89. The molecule has 0 saturated heterocycles. The summed E-state index contributed by atoms with van der Waals surface area (Å²) >= 11 is 0. The summed E-state index contributed by atoms with van der Waals surface area (Å²) in [4.78, 5) is 11.4. The van der Waals surface area contributed by atoms with Crippen LogP contribution in [0.2, 0.25) is 0 Å². The third kappa shape index (κ3) is 5.99. The van der Waals surface area contributed by atoms with Gasteiger partial charge in [0.1, 0.15) is 0 Å². The summed E-state index contributed by atoms with van der Waals surface area (Å²) in [6.45, 7) is 2.74. The van der Waals surface area contributed by atoms with Crippen LogP contribution in [0.3, 0.4) is 0 Å². The van der Waals surface area contributed by atoms with Gasteiger partial charge in [-0.25, -0.2) is 13.6 Å². The molecule has 0 spiro atoms. The number of hydrogen-bond acceptors (Lipinski definition) is 4. The molecule has 1 rings (SSSR count). The van der Waals surface area contributed by atoms with Crippen molar-refractivity contribution < 1.29 is 17.9 Å². The van der Waals surface area contributed by atoms with E-state index in [1.54, 1.807) is 0 Å². The summed E-state index contributed by atoms with van der Waals surface area (Å²) in [5.41, 5.74) is 0. The Morgan fingerprint density at radius 3 is 2.65 bits per heavy atom. The van der Waals surface area contributed by atoms with Crippen LogP contribution in [-0.4, -0.2) is 39.3 Å². The fourth-order valence-electron chi connectivity index (χ4n) is 1.88. The lowest BCUT2D eigenvalue weighted by atomic mass is 9.80. The molecule has 0 aromatic rings. The van der Waals surface area contributed by atoms with Gasteiger partial charge in [0.2, 0.25) is 15.9 Å². The standard InChI is InChI=1S/C10H20N2O4S/c1-2-16-9-5-8(6-9)7-10(13)12-3-4-17(11,14)15/h8-9H,2-7H2,1H3,(H,12,13)(H2,11,14,15). The maximum Gasteiger partial charge on any atom is 0.220 e. The van der Waals surface area contributed by atoms with E-state index >= 15 is 0 Å². The first-order chi connectivity index (χ1) is 7.90. The van der Waals surface area contributed by atoms with Crippen LogP contribution in [0.5, 0.6) is 0 Å². The van der Waals surface area contributed by atoms with Gasteiger partial charge in [-0.3, -0.25) is 4.79 Å². The molecular formula is C10H20N2O4S. The van der Waals surface area contributed by atoms with E-state index in [4.69, 9.17) is 9.88 Å². The maximum atomic E-state index is 11.4. The van der Waals surface area contributed by atoms with Crippen LogP contribution in [0.1, 0.15) is 26.2 Å². The summed E-state index contributed by atoms with van der Waals surface area (Å²) in [6, 6.07) is 0. The number of hydrogen-bond donors (Lipinski definition) is 2. The number of nitrogens with one attached hydrogen (secondary N) is 1. The average Bonchev–Trinajstić information content (AvgIpc) is 2.12. The highest BCUT2D eigenvalue weighted by Gasteiger charge is 2.30. The quantitative estimate of drug-likeness (QED) is 0.653. The normalized spacial score (nSPS) is 24.1. The Labute approximate surface area is 102 Å². The van der Waals surface area contributed by atoms with E-state index < -0.39 is 10.0 Å². The Bertz CT molecular complexity index is 349. The zero-order chi connectivity index (χ0) is 12.9. The number of ether oxygens (including phenoxy) is 1. The minimum absolute atomic E-state index is 0.0826. The molecule has 100 valence electrons. The van der Waals surface area contributed by atoms with Crippen molar-refractivity contribution in [2.24, 2.45) is 11.1 Å². The fourth-order valence-corrected chi connectivity index (χ4v) is 2.27. The first-order valence-electron chi connectivity index (χ1n) is 5.79. The molecule has 0 radical (unpaired) electrons. The number of carbonyl (C=O) groups excluding carboxylic acids is 1. The van der Waals surface area contributed by atoms with Gasteiger partial charge < -0.3 is 10.1 Å². The predicted octanol–water partition coefficient (Wildman–Crippen LogP) is -0.404. The number of primary sulfonamides is 1. The first kappa shape index (κ1) is 14.4. The van der Waals surface area contributed by atoms with E-state index in [9.17, 15) is 13.2 Å². The lowest BCUT2D eigenvalue weighted by molar-refractivity contribution is -0.124. The van der Waals surface area contributed by atoms with Crippen LogP contribution in [-0.2, 0) is 19.6 Å². The summed E-state index contributed by atoms with van der Waals surface area (Å²) in [7, 11) is -3.49. The van der Waals surface area contributed by atoms with Crippen molar-refractivity contribution in [2.45, 2.75) is 32.3 Å². The number of nitrogens with two attached hydrogens (primary N) is 1. The second-order valence-electron chi connectivity index (χ2n) is 4.34. The molecule has 0 aliphatic heterocycles. The van der Waals surface area contributed by atoms with Gasteiger partial charge >= 0.3 is 0 Å². The molecule has 7 heteroatoms. The van der Waals surface area contributed by atoms with Gasteiger partial charge in [0, 0.05) is 19.6 Å². The zero-order valence-corrected chi connectivity index (χ0v) is 10.8. The van der Waals surface area contributed by atoms with Crippen molar-refractivity contribution in [1.29, 1.82) is 0 Å². The Hall–Kier alpha value is -0.660. The summed E-state index contributed by atoms with van der Waals surface area (Å²) < 4.78 is 26.6. The summed E-state index contributed by atoms with van der Waals surface area (Å²) in [6.07, 6.45) is 2.56. The Morgan fingerprint density at radius 2 is 2.12 bits per heavy atom. The third-order valence-electron chi connectivity index (χ3n) is 2.78. The minimum atomic E-state index is -3.49. The molecule has 0 heterocycles. The molecule has 0 atom stereocenters. The van der Waals surface area contributed by atoms with E-state index in [2.05, 4.69) is 5.32 Å². The van der Waals surface area contributed by atoms with Crippen molar-refractivity contribution in [2.75, 3.05) is 18.9 Å². The van der Waals surface area contributed by atoms with Gasteiger partial charge in [-0.15, -0.1) is 0 Å². The molecule has 3 N–H and O–H groups in total. The van der Waals surface area contributed by atoms with Crippen molar-refractivity contribution in [1.82, 2.24) is 5.32 Å². The topological polar surface area (TPSA) is 98.5 Å². The van der Waals surface area contributed by atoms with E-state index in [1.807, 2.05) is 6.92 Å². The monoisotopic (exact) mass is 264 g/mol. The summed E-state index contributed by atoms with van der Waals surface area (Å²) in [5, 5.41) is 7.36. The van der Waals surface area contributed by atoms with Crippen LogP contribution >= 0.6 is 0 Å². The number of amides is 1. The van der Waals surface area contributed by atoms with Gasteiger partial charge in [-0.05, 0) is 25.7 Å². The molecule has 0 aromatic heterocycles. The molecule has 1 saturated carbocycles. The molecule has 0 bridgehead atoms. The van der Waals surface area contributed by atoms with E-state index in [1.165, 1.54) is 0 Å². The molecule has 1 amide bonds. The largest absolute Gasteiger partial charge is 0.378 e. The van der Waals surface area contributed by atoms with Crippen LogP contribution in [0, 0.1) is 5.92 Å². The van der Waals surface area contributed by atoms with E-state index in [-0.39, 0.29) is 18.2 Å². The number of sulfonamides is 1. The fraction of sp³-hybridized carbons (Fsp3) is 0.900. The van der Waals surface area contributed by atoms with Gasteiger partial charge in [0.15, 0.2) is 0 Å². The smallest absolute Gasteiger partial charge is 0.220 e. The maximum absolute atomic E-state index is 11.4. The highest BCUT2D eigenvalue weighted by atomic mass is 32.2. The number of rotatable bonds is 7. The molecule has 1 aliphatic rings. The Morgan fingerprint density at radius 1 is 1.47 bits per heavy atom. The first-order valence-corrected chi connectivity index (χ1v) is 7.51. The molecule has 6 nitrogen and oxygen atoms in total. The SMILES string of the molecule is CCOC1CC(CC(=O)NCCS(N)(=O)=O)C1. The molecule has 0 unspecified atom stereocenters. The van der Waals surface area contributed by atoms with E-state index in [0.717, 1.165) is 12.8 Å². The van der Waals surface area contributed by atoms with Crippen molar-refractivity contribution in [3.63, 3.8) is 0 Å². The van der Waals surface area contributed by atoms with Crippen LogP contribution < -0.4 is 10.5 Å². The van der Waals surface area contributed by atoms with Crippen molar-refractivity contribution >= 4 is 15.9 Å². The van der Waals surface area contributed by atoms with Gasteiger partial charge in [0.25, 0.3) is 0 Å². The lowest BCUT2D eigenvalue weighted by Gasteiger charge is -2.34. The minimum Gasteiger partial charge on any atom is -0.378 e. The molecular weight excluding hydrogens is 244 g/mol.